The number of hydrogen-bond donors (Lipinski definition) is 2. The highest BCUT2D eigenvalue weighted by Gasteiger charge is 2.18. The Balaban J connectivity index is 3.14. The Hall–Kier alpha value is -3.04. The normalized spacial score (nSPS) is 11.6. The van der Waals surface area contributed by atoms with Gasteiger partial charge in [-0.15, -0.1) is 0 Å². The van der Waals surface area contributed by atoms with Crippen LogP contribution in [0, 0.1) is 20.2 Å². The number of nitro benzene ring substituents is 2. The Bertz CT molecular complexity index is 587. The highest BCUT2D eigenvalue weighted by atomic mass is 16.6. The number of aliphatic carboxylic acids is 1. The molecule has 0 saturated heterocycles. The van der Waals surface area contributed by atoms with Gasteiger partial charge in [-0.25, -0.2) is 4.79 Å². The third-order valence-electron chi connectivity index (χ3n) is 1.72. The predicted octanol–water partition coefficient (Wildman–Crippen LogP) is 0.985. The van der Waals surface area contributed by atoms with Crippen molar-refractivity contribution >= 4 is 29.2 Å². The lowest BCUT2D eigenvalue weighted by Gasteiger charge is -2.01. The molecule has 0 unspecified atom stereocenters. The quantitative estimate of drug-likeness (QED) is 0.452. The van der Waals surface area contributed by atoms with Crippen molar-refractivity contribution in [3.8, 4) is 0 Å². The number of benzene rings is 1. The molecule has 0 aliphatic carbocycles. The maximum absolute atomic E-state index is 10.7. The predicted molar refractivity (Wildman–Crippen MR) is 59.5 cm³/mol. The highest BCUT2D eigenvalue weighted by molar-refractivity contribution is 6.22. The van der Waals surface area contributed by atoms with Crippen LogP contribution in [0.2, 0.25) is 0 Å². The van der Waals surface area contributed by atoms with E-state index in [-0.39, 0.29) is 5.69 Å². The molecular weight excluding hydrogens is 248 g/mol. The molecule has 1 rings (SSSR count). The summed E-state index contributed by atoms with van der Waals surface area (Å²) in [7, 11) is 0. The van der Waals surface area contributed by atoms with Crippen LogP contribution in [-0.2, 0) is 4.79 Å². The van der Waals surface area contributed by atoms with Gasteiger partial charge in [0.2, 0.25) is 0 Å². The molecule has 0 spiro atoms. The third kappa shape index (κ3) is 3.23. The largest absolute Gasteiger partial charge is 0.477 e. The van der Waals surface area contributed by atoms with Crippen LogP contribution in [0.3, 0.4) is 0 Å². The minimum Gasteiger partial charge on any atom is -0.477 e. The molecule has 0 bridgehead atoms. The zero-order valence-corrected chi connectivity index (χ0v) is 8.56. The summed E-state index contributed by atoms with van der Waals surface area (Å²) in [5.74, 6) is -1.63. The first kappa shape index (κ1) is 11.4. The zero-order valence-electron chi connectivity index (χ0n) is 9.56. The van der Waals surface area contributed by atoms with Gasteiger partial charge in [0, 0.05) is 6.07 Å². The fourth-order valence-corrected chi connectivity index (χ4v) is 1.02. The van der Waals surface area contributed by atoms with Crippen LogP contribution in [-0.4, -0.2) is 27.1 Å². The Morgan fingerprint density at radius 2 is 2.11 bits per heavy atom. The number of anilines is 1. The summed E-state index contributed by atoms with van der Waals surface area (Å²) in [4.78, 5) is 29.8. The second kappa shape index (κ2) is 5.34. The van der Waals surface area contributed by atoms with Crippen molar-refractivity contribution in [2.24, 2.45) is 5.10 Å². The summed E-state index contributed by atoms with van der Waals surface area (Å²) in [5.41, 5.74) is 0.584. The van der Waals surface area contributed by atoms with Crippen molar-refractivity contribution in [1.29, 1.82) is 0 Å². The standard InChI is InChI=1S/C8H6N4O6/c13-8(14)4-9-10-6-2-1-5(11(15)16)3-7(6)12(17)18/h1-4,10H,(H,13,14)/b9-4+/i4D. The van der Waals surface area contributed by atoms with E-state index >= 15 is 0 Å². The molecule has 2 N–H and O–H groups in total. The lowest BCUT2D eigenvalue weighted by Crippen LogP contribution is -2.01. The monoisotopic (exact) mass is 255 g/mol. The minimum absolute atomic E-state index is 0.262. The lowest BCUT2D eigenvalue weighted by molar-refractivity contribution is -0.393. The summed E-state index contributed by atoms with van der Waals surface area (Å²) in [6.07, 6.45) is -1.06. The van der Waals surface area contributed by atoms with Gasteiger partial charge in [0.25, 0.3) is 5.69 Å². The topological polar surface area (TPSA) is 148 Å². The van der Waals surface area contributed by atoms with Gasteiger partial charge in [-0.3, -0.25) is 25.7 Å². The molecule has 94 valence electrons. The maximum Gasteiger partial charge on any atom is 0.348 e. The average molecular weight is 255 g/mol. The number of carboxylic acids is 1. The number of nitro groups is 2. The second-order valence-electron chi connectivity index (χ2n) is 2.86. The molecule has 0 fully saturated rings. The van der Waals surface area contributed by atoms with E-state index in [4.69, 9.17) is 6.48 Å². The molecule has 0 aliphatic rings. The van der Waals surface area contributed by atoms with Crippen molar-refractivity contribution in [1.82, 2.24) is 0 Å². The molecule has 0 amide bonds. The summed E-state index contributed by atoms with van der Waals surface area (Å²) in [6, 6.07) is 2.67. The molecule has 0 atom stereocenters. The van der Waals surface area contributed by atoms with Gasteiger partial charge in [0.05, 0.1) is 17.3 Å². The summed E-state index contributed by atoms with van der Waals surface area (Å²) in [5, 5.41) is 32.6. The fourth-order valence-electron chi connectivity index (χ4n) is 1.02. The Kier molecular flexibility index (Phi) is 3.39. The van der Waals surface area contributed by atoms with Crippen LogP contribution in [0.1, 0.15) is 1.37 Å². The van der Waals surface area contributed by atoms with Crippen LogP contribution in [0.25, 0.3) is 0 Å². The van der Waals surface area contributed by atoms with E-state index in [0.717, 1.165) is 12.1 Å². The minimum atomic E-state index is -1.63. The molecule has 0 radical (unpaired) electrons. The molecular formula is C8H6N4O6. The van der Waals surface area contributed by atoms with Crippen LogP contribution >= 0.6 is 0 Å². The first-order chi connectivity index (χ1) is 8.82. The second-order valence-corrected chi connectivity index (χ2v) is 2.86. The molecule has 10 heteroatoms. The lowest BCUT2D eigenvalue weighted by atomic mass is 10.2. The maximum atomic E-state index is 10.7. The molecule has 18 heavy (non-hydrogen) atoms. The number of carboxylic acid groups (broad SMARTS) is 1. The molecule has 0 heterocycles. The molecule has 1 aromatic carbocycles. The molecule has 1 aromatic rings. The van der Waals surface area contributed by atoms with Crippen molar-refractivity contribution in [3.05, 3.63) is 38.4 Å². The van der Waals surface area contributed by atoms with Gasteiger partial charge in [-0.2, -0.15) is 5.10 Å². The number of nitrogens with zero attached hydrogens (tertiary/aromatic N) is 3. The molecule has 0 saturated carbocycles. The zero-order chi connectivity index (χ0) is 14.6. The number of non-ortho nitro benzene ring substituents is 1. The van der Waals surface area contributed by atoms with Crippen molar-refractivity contribution in [2.75, 3.05) is 5.43 Å². The molecule has 10 nitrogen and oxygen atoms in total. The van der Waals surface area contributed by atoms with Crippen molar-refractivity contribution < 1.29 is 21.1 Å². The number of nitrogens with one attached hydrogen (secondary N) is 1. The van der Waals surface area contributed by atoms with Crippen LogP contribution in [0.15, 0.2) is 23.3 Å². The first-order valence-corrected chi connectivity index (χ1v) is 4.29. The number of carbonyl (C=O) groups is 1. The summed E-state index contributed by atoms with van der Waals surface area (Å²) < 4.78 is 6.87. The first-order valence-electron chi connectivity index (χ1n) is 4.79. The van der Waals surface area contributed by atoms with Crippen LogP contribution in [0.4, 0.5) is 17.1 Å². The van der Waals surface area contributed by atoms with Gasteiger partial charge in [0.15, 0.2) is 0 Å². The number of rotatable bonds is 5. The van der Waals surface area contributed by atoms with E-state index in [1.54, 1.807) is 0 Å². The van der Waals surface area contributed by atoms with E-state index in [2.05, 4.69) is 5.10 Å². The van der Waals surface area contributed by atoms with Crippen molar-refractivity contribution in [2.45, 2.75) is 0 Å². The highest BCUT2D eigenvalue weighted by Crippen LogP contribution is 2.28. The fraction of sp³-hybridized carbons (Fsp3) is 0. The summed E-state index contributed by atoms with van der Waals surface area (Å²) >= 11 is 0. The van der Waals surface area contributed by atoms with Crippen LogP contribution < -0.4 is 5.43 Å². The van der Waals surface area contributed by atoms with Crippen molar-refractivity contribution in [3.63, 3.8) is 0 Å². The van der Waals surface area contributed by atoms with E-state index in [0.29, 0.717) is 6.07 Å². The van der Waals surface area contributed by atoms with Gasteiger partial charge in [-0.1, -0.05) is 0 Å². The summed E-state index contributed by atoms with van der Waals surface area (Å²) in [6.45, 7) is 0. The average Bonchev–Trinajstić information content (AvgIpc) is 2.35. The van der Waals surface area contributed by atoms with Gasteiger partial charge in [0.1, 0.15) is 11.9 Å². The van der Waals surface area contributed by atoms with E-state index in [1.807, 2.05) is 5.43 Å². The van der Waals surface area contributed by atoms with E-state index in [1.165, 1.54) is 0 Å². The van der Waals surface area contributed by atoms with E-state index < -0.39 is 33.4 Å². The van der Waals surface area contributed by atoms with Gasteiger partial charge >= 0.3 is 11.7 Å². The Morgan fingerprint density at radius 1 is 1.44 bits per heavy atom. The van der Waals surface area contributed by atoms with Crippen LogP contribution in [0.5, 0.6) is 0 Å². The number of hydrogen-bond acceptors (Lipinski definition) is 7. The SMILES string of the molecule is [2H]/C(=N\Nc1ccc([N+](=O)[O-])cc1[N+](=O)[O-])C(=O)O. The van der Waals surface area contributed by atoms with E-state index in [9.17, 15) is 25.0 Å². The smallest absolute Gasteiger partial charge is 0.348 e. The Morgan fingerprint density at radius 3 is 2.61 bits per heavy atom. The molecule has 0 aliphatic heterocycles. The Labute approximate surface area is 100 Å². The van der Waals surface area contributed by atoms with Gasteiger partial charge in [-0.05, 0) is 6.07 Å². The molecule has 0 aromatic heterocycles. The third-order valence-corrected chi connectivity index (χ3v) is 1.72. The van der Waals surface area contributed by atoms with Gasteiger partial charge < -0.3 is 5.11 Å². The number of hydrazone groups is 1.